The van der Waals surface area contributed by atoms with Crippen molar-refractivity contribution in [3.8, 4) is 5.75 Å². The van der Waals surface area contributed by atoms with Gasteiger partial charge < -0.3 is 5.11 Å². The molecule has 17 heavy (non-hydrogen) atoms. The molecule has 0 atom stereocenters. The standard InChI is InChI=1S/C10H11N3O3S/c1-7-10(6-11-12-7)17(15,16)13-8-2-4-9(14)5-3-8/h2-6,13-14H,1H3,(H,11,12). The van der Waals surface area contributed by atoms with Crippen molar-refractivity contribution in [2.45, 2.75) is 11.8 Å². The van der Waals surface area contributed by atoms with E-state index in [1.807, 2.05) is 0 Å². The molecular formula is C10H11N3O3S. The number of hydrogen-bond donors (Lipinski definition) is 3. The third kappa shape index (κ3) is 2.39. The third-order valence-electron chi connectivity index (χ3n) is 2.19. The second kappa shape index (κ2) is 4.10. The maximum Gasteiger partial charge on any atom is 0.265 e. The van der Waals surface area contributed by atoms with Crippen LogP contribution in [0.1, 0.15) is 5.69 Å². The lowest BCUT2D eigenvalue weighted by molar-refractivity contribution is 0.475. The molecule has 3 N–H and O–H groups in total. The highest BCUT2D eigenvalue weighted by atomic mass is 32.2. The SMILES string of the molecule is Cc1[nH]ncc1S(=O)(=O)Nc1ccc(O)cc1. The van der Waals surface area contributed by atoms with Gasteiger partial charge in [-0.25, -0.2) is 8.42 Å². The topological polar surface area (TPSA) is 95.1 Å². The number of aromatic amines is 1. The second-order valence-electron chi connectivity index (χ2n) is 3.51. The monoisotopic (exact) mass is 253 g/mol. The van der Waals surface area contributed by atoms with Crippen molar-refractivity contribution in [3.05, 3.63) is 36.2 Å². The number of sulfonamides is 1. The maximum atomic E-state index is 11.9. The molecule has 0 aliphatic heterocycles. The fraction of sp³-hybridized carbons (Fsp3) is 0.100. The molecule has 90 valence electrons. The van der Waals surface area contributed by atoms with Crippen molar-refractivity contribution in [2.24, 2.45) is 0 Å². The number of hydrogen-bond acceptors (Lipinski definition) is 4. The summed E-state index contributed by atoms with van der Waals surface area (Å²) < 4.78 is 26.3. The largest absolute Gasteiger partial charge is 0.508 e. The lowest BCUT2D eigenvalue weighted by atomic mass is 10.3. The minimum Gasteiger partial charge on any atom is -0.508 e. The second-order valence-corrected chi connectivity index (χ2v) is 5.16. The average Bonchev–Trinajstić information content (AvgIpc) is 2.68. The van der Waals surface area contributed by atoms with Gasteiger partial charge in [0.05, 0.1) is 11.9 Å². The fourth-order valence-corrected chi connectivity index (χ4v) is 2.55. The molecule has 0 amide bonds. The molecule has 2 aromatic rings. The van der Waals surface area contributed by atoms with Crippen molar-refractivity contribution in [1.82, 2.24) is 10.2 Å². The van der Waals surface area contributed by atoms with E-state index in [0.717, 1.165) is 0 Å². The molecule has 0 bridgehead atoms. The van der Waals surface area contributed by atoms with Crippen LogP contribution in [0.2, 0.25) is 0 Å². The van der Waals surface area contributed by atoms with Gasteiger partial charge in [0.2, 0.25) is 0 Å². The van der Waals surface area contributed by atoms with E-state index in [4.69, 9.17) is 5.11 Å². The van der Waals surface area contributed by atoms with Gasteiger partial charge in [-0.1, -0.05) is 0 Å². The van der Waals surface area contributed by atoms with Crippen LogP contribution < -0.4 is 4.72 Å². The van der Waals surface area contributed by atoms with Crippen LogP contribution in [-0.2, 0) is 10.0 Å². The van der Waals surface area contributed by atoms with E-state index in [9.17, 15) is 8.42 Å². The molecule has 0 aliphatic carbocycles. The molecule has 0 fully saturated rings. The molecular weight excluding hydrogens is 242 g/mol. The molecule has 0 aliphatic rings. The summed E-state index contributed by atoms with van der Waals surface area (Å²) in [6.07, 6.45) is 1.25. The van der Waals surface area contributed by atoms with Crippen molar-refractivity contribution < 1.29 is 13.5 Å². The molecule has 1 aromatic heterocycles. The minimum atomic E-state index is -3.64. The van der Waals surface area contributed by atoms with Crippen LogP contribution in [0.15, 0.2) is 35.4 Å². The van der Waals surface area contributed by atoms with Gasteiger partial charge in [-0.2, -0.15) is 5.10 Å². The average molecular weight is 253 g/mol. The Balaban J connectivity index is 2.30. The number of phenols is 1. The van der Waals surface area contributed by atoms with Gasteiger partial charge in [-0.3, -0.25) is 9.82 Å². The number of phenolic OH excluding ortho intramolecular Hbond substituents is 1. The Labute approximate surface area is 98.4 Å². The summed E-state index contributed by atoms with van der Waals surface area (Å²) in [5.41, 5.74) is 0.847. The van der Waals surface area contributed by atoms with Crippen molar-refractivity contribution in [3.63, 3.8) is 0 Å². The first-order valence-corrected chi connectivity index (χ1v) is 6.29. The van der Waals surface area contributed by atoms with Crippen molar-refractivity contribution >= 4 is 15.7 Å². The quantitative estimate of drug-likeness (QED) is 0.717. The fourth-order valence-electron chi connectivity index (χ4n) is 1.35. The van der Waals surface area contributed by atoms with E-state index < -0.39 is 10.0 Å². The molecule has 0 radical (unpaired) electrons. The van der Waals surface area contributed by atoms with Crippen LogP contribution >= 0.6 is 0 Å². The van der Waals surface area contributed by atoms with Gasteiger partial charge in [0.15, 0.2) is 0 Å². The van der Waals surface area contributed by atoms with E-state index >= 15 is 0 Å². The third-order valence-corrected chi connectivity index (χ3v) is 3.69. The molecule has 1 heterocycles. The Hall–Kier alpha value is -2.02. The van der Waals surface area contributed by atoms with Gasteiger partial charge in [0, 0.05) is 5.69 Å². The maximum absolute atomic E-state index is 11.9. The van der Waals surface area contributed by atoms with E-state index in [1.54, 1.807) is 6.92 Å². The highest BCUT2D eigenvalue weighted by molar-refractivity contribution is 7.92. The van der Waals surface area contributed by atoms with Gasteiger partial charge in [-0.15, -0.1) is 0 Å². The lowest BCUT2D eigenvalue weighted by Crippen LogP contribution is -2.13. The molecule has 0 saturated heterocycles. The summed E-state index contributed by atoms with van der Waals surface area (Å²) in [7, 11) is -3.64. The Bertz CT molecular complexity index is 617. The number of H-pyrrole nitrogens is 1. The zero-order valence-corrected chi connectivity index (χ0v) is 9.82. The summed E-state index contributed by atoms with van der Waals surface area (Å²) in [6.45, 7) is 1.62. The van der Waals surface area contributed by atoms with E-state index in [1.165, 1.54) is 30.5 Å². The van der Waals surface area contributed by atoms with Crippen LogP contribution in [0.3, 0.4) is 0 Å². The van der Waals surface area contributed by atoms with Gasteiger partial charge in [0.25, 0.3) is 10.0 Å². The number of anilines is 1. The lowest BCUT2D eigenvalue weighted by Gasteiger charge is -2.06. The van der Waals surface area contributed by atoms with E-state index in [2.05, 4.69) is 14.9 Å². The first-order chi connectivity index (χ1) is 7.99. The molecule has 6 nitrogen and oxygen atoms in total. The van der Waals surface area contributed by atoms with Gasteiger partial charge in [0.1, 0.15) is 10.6 Å². The molecule has 2 rings (SSSR count). The minimum absolute atomic E-state index is 0.0763. The first-order valence-electron chi connectivity index (χ1n) is 4.81. The molecule has 0 unspecified atom stereocenters. The summed E-state index contributed by atoms with van der Waals surface area (Å²) in [5, 5.41) is 15.3. The predicted molar refractivity (Wildman–Crippen MR) is 62.2 cm³/mol. The molecule has 0 saturated carbocycles. The Morgan fingerprint density at radius 3 is 2.47 bits per heavy atom. The van der Waals surface area contributed by atoms with Crippen LogP contribution in [0, 0.1) is 6.92 Å². The number of nitrogens with one attached hydrogen (secondary N) is 2. The smallest absolute Gasteiger partial charge is 0.265 e. The van der Waals surface area contributed by atoms with Crippen LogP contribution in [0.25, 0.3) is 0 Å². The predicted octanol–water partition coefficient (Wildman–Crippen LogP) is 1.22. The number of nitrogens with zero attached hydrogens (tertiary/aromatic N) is 1. The number of benzene rings is 1. The van der Waals surface area contributed by atoms with Crippen LogP contribution in [0.5, 0.6) is 5.75 Å². The van der Waals surface area contributed by atoms with Gasteiger partial charge >= 0.3 is 0 Å². The Kier molecular flexibility index (Phi) is 2.76. The van der Waals surface area contributed by atoms with Crippen LogP contribution in [-0.4, -0.2) is 23.7 Å². The number of rotatable bonds is 3. The normalized spacial score (nSPS) is 11.4. The summed E-state index contributed by atoms with van der Waals surface area (Å²) in [6, 6.07) is 5.75. The first kappa shape index (κ1) is 11.5. The van der Waals surface area contributed by atoms with Crippen molar-refractivity contribution in [2.75, 3.05) is 4.72 Å². The zero-order valence-electron chi connectivity index (χ0n) is 9.01. The van der Waals surface area contributed by atoms with Crippen LogP contribution in [0.4, 0.5) is 5.69 Å². The highest BCUT2D eigenvalue weighted by Gasteiger charge is 2.18. The Morgan fingerprint density at radius 2 is 1.94 bits per heavy atom. The van der Waals surface area contributed by atoms with E-state index in [-0.39, 0.29) is 10.6 Å². The summed E-state index contributed by atoms with van der Waals surface area (Å²) in [4.78, 5) is 0.102. The summed E-state index contributed by atoms with van der Waals surface area (Å²) in [5.74, 6) is 0.0763. The van der Waals surface area contributed by atoms with E-state index in [0.29, 0.717) is 11.4 Å². The Morgan fingerprint density at radius 1 is 1.29 bits per heavy atom. The zero-order chi connectivity index (χ0) is 12.5. The number of aryl methyl sites for hydroxylation is 1. The number of aromatic nitrogens is 2. The molecule has 0 spiro atoms. The summed E-state index contributed by atoms with van der Waals surface area (Å²) >= 11 is 0. The molecule has 7 heteroatoms. The molecule has 1 aromatic carbocycles. The number of aromatic hydroxyl groups is 1. The van der Waals surface area contributed by atoms with Gasteiger partial charge in [-0.05, 0) is 31.2 Å². The van der Waals surface area contributed by atoms with Crippen molar-refractivity contribution in [1.29, 1.82) is 0 Å². The highest BCUT2D eigenvalue weighted by Crippen LogP contribution is 2.19.